The number of carbonyl (C=O) groups excluding carboxylic acids is 1. The fraction of sp³-hybridized carbons (Fsp3) is 0.300. The summed E-state index contributed by atoms with van der Waals surface area (Å²) >= 11 is -2.60. The molecule has 0 N–H and O–H groups in total. The average molecular weight is 242 g/mol. The van der Waals surface area contributed by atoms with Crippen molar-refractivity contribution in [2.45, 2.75) is 13.8 Å². The van der Waals surface area contributed by atoms with Gasteiger partial charge in [-0.1, -0.05) is 17.7 Å². The maximum atomic E-state index is 11.4. The lowest BCUT2D eigenvalue weighted by Gasteiger charge is -2.21. The van der Waals surface area contributed by atoms with Gasteiger partial charge in [-0.15, -0.1) is 0 Å². The molecule has 0 saturated carbocycles. The van der Waals surface area contributed by atoms with E-state index in [4.69, 9.17) is 4.74 Å². The number of aryl methyl sites for hydroxylation is 1. The van der Waals surface area contributed by atoms with E-state index in [0.29, 0.717) is 10.1 Å². The molecule has 5 nitrogen and oxygen atoms in total. The molecule has 0 aliphatic heterocycles. The summed E-state index contributed by atoms with van der Waals surface area (Å²) < 4.78 is 26.8. The number of nitrogens with zero attached hydrogens (tertiary/aromatic N) is 1. The van der Waals surface area contributed by atoms with Crippen molar-refractivity contribution in [3.05, 3.63) is 29.8 Å². The van der Waals surface area contributed by atoms with Crippen LogP contribution in [-0.2, 0) is 11.3 Å². The summed E-state index contributed by atoms with van der Waals surface area (Å²) in [6.45, 7) is 3.49. The number of ether oxygens (including phenoxy) is 1. The van der Waals surface area contributed by atoms with E-state index in [0.717, 1.165) is 5.56 Å². The summed E-state index contributed by atoms with van der Waals surface area (Å²) in [6, 6.07) is 6.75. The molecule has 0 radical (unpaired) electrons. The van der Waals surface area contributed by atoms with Gasteiger partial charge >= 0.3 is 6.09 Å². The average Bonchev–Trinajstić information content (AvgIpc) is 2.22. The molecule has 0 fully saturated rings. The molecule has 0 spiro atoms. The fourth-order valence-corrected chi connectivity index (χ4v) is 1.42. The van der Waals surface area contributed by atoms with Crippen LogP contribution in [0.25, 0.3) is 0 Å². The minimum Gasteiger partial charge on any atom is -0.755 e. The molecule has 0 aromatic heterocycles. The first kappa shape index (κ1) is 12.7. The lowest BCUT2D eigenvalue weighted by molar-refractivity contribution is 0.179. The van der Waals surface area contributed by atoms with Crippen molar-refractivity contribution in [3.8, 4) is 5.75 Å². The smallest absolute Gasteiger partial charge is 0.426 e. The van der Waals surface area contributed by atoms with Crippen molar-refractivity contribution in [2.24, 2.45) is 0 Å². The molecule has 16 heavy (non-hydrogen) atoms. The monoisotopic (exact) mass is 242 g/mol. The number of hydrogen-bond donors (Lipinski definition) is 0. The highest BCUT2D eigenvalue weighted by Gasteiger charge is 2.14. The van der Waals surface area contributed by atoms with Crippen molar-refractivity contribution >= 4 is 17.4 Å². The Morgan fingerprint density at radius 2 is 2.00 bits per heavy atom. The van der Waals surface area contributed by atoms with E-state index in [1.807, 2.05) is 6.92 Å². The second-order valence-electron chi connectivity index (χ2n) is 3.09. The van der Waals surface area contributed by atoms with E-state index in [-0.39, 0.29) is 6.54 Å². The Hall–Kier alpha value is -1.40. The predicted octanol–water partition coefficient (Wildman–Crippen LogP) is 1.61. The fourth-order valence-electron chi connectivity index (χ4n) is 1.05. The lowest BCUT2D eigenvalue weighted by atomic mass is 10.2. The normalized spacial score (nSPS) is 11.9. The lowest BCUT2D eigenvalue weighted by Crippen LogP contribution is -2.34. The Kier molecular flexibility index (Phi) is 4.45. The Morgan fingerprint density at radius 1 is 1.44 bits per heavy atom. The zero-order valence-corrected chi connectivity index (χ0v) is 9.82. The van der Waals surface area contributed by atoms with E-state index >= 15 is 0 Å². The molecular formula is C10H12NO4S-. The predicted molar refractivity (Wildman–Crippen MR) is 58.5 cm³/mol. The molecule has 0 aliphatic carbocycles. The van der Waals surface area contributed by atoms with Crippen LogP contribution in [0.15, 0.2) is 24.3 Å². The first-order valence-electron chi connectivity index (χ1n) is 4.70. The highest BCUT2D eigenvalue weighted by Crippen LogP contribution is 2.13. The van der Waals surface area contributed by atoms with E-state index in [1.54, 1.807) is 31.2 Å². The maximum Gasteiger partial charge on any atom is 0.426 e. The van der Waals surface area contributed by atoms with Crippen LogP contribution >= 0.6 is 0 Å². The van der Waals surface area contributed by atoms with Crippen molar-refractivity contribution < 1.29 is 18.3 Å². The number of hydrogen-bond acceptors (Lipinski definition) is 4. The minimum absolute atomic E-state index is 0.0425. The molecule has 0 bridgehead atoms. The molecule has 0 aliphatic rings. The van der Waals surface area contributed by atoms with Crippen LogP contribution < -0.4 is 4.74 Å². The summed E-state index contributed by atoms with van der Waals surface area (Å²) in [5.74, 6) is 0.319. The highest BCUT2D eigenvalue weighted by molar-refractivity contribution is 7.77. The Bertz CT molecular complexity index is 390. The number of rotatable bonds is 3. The van der Waals surface area contributed by atoms with Crippen LogP contribution in [0, 0.1) is 6.92 Å². The Labute approximate surface area is 96.4 Å². The third-order valence-electron chi connectivity index (χ3n) is 1.90. The van der Waals surface area contributed by atoms with Crippen LogP contribution in [-0.4, -0.2) is 25.7 Å². The first-order chi connectivity index (χ1) is 7.54. The van der Waals surface area contributed by atoms with Gasteiger partial charge < -0.3 is 9.29 Å². The second kappa shape index (κ2) is 5.62. The molecule has 1 unspecified atom stereocenters. The molecule has 1 atom stereocenters. The van der Waals surface area contributed by atoms with Crippen LogP contribution in [0.5, 0.6) is 5.75 Å². The Morgan fingerprint density at radius 3 is 2.44 bits per heavy atom. The van der Waals surface area contributed by atoms with Crippen LogP contribution in [0.4, 0.5) is 4.79 Å². The van der Waals surface area contributed by atoms with E-state index < -0.39 is 17.4 Å². The van der Waals surface area contributed by atoms with Gasteiger partial charge in [0.25, 0.3) is 0 Å². The molecule has 0 saturated heterocycles. The summed E-state index contributed by atoms with van der Waals surface area (Å²) in [5, 5.41) is 0. The zero-order chi connectivity index (χ0) is 12.1. The number of amides is 1. The van der Waals surface area contributed by atoms with Crippen molar-refractivity contribution in [1.29, 1.82) is 0 Å². The highest BCUT2D eigenvalue weighted by atomic mass is 32.2. The van der Waals surface area contributed by atoms with Gasteiger partial charge in [0, 0.05) is 6.54 Å². The van der Waals surface area contributed by atoms with Gasteiger partial charge in [-0.3, -0.25) is 4.21 Å². The summed E-state index contributed by atoms with van der Waals surface area (Å²) in [5.41, 5.74) is 1.03. The third kappa shape index (κ3) is 3.32. The van der Waals surface area contributed by atoms with E-state index in [1.165, 1.54) is 0 Å². The van der Waals surface area contributed by atoms with Crippen molar-refractivity contribution in [1.82, 2.24) is 4.31 Å². The van der Waals surface area contributed by atoms with Gasteiger partial charge in [0.15, 0.2) is 0 Å². The van der Waals surface area contributed by atoms with Gasteiger partial charge in [0.2, 0.25) is 0 Å². The summed E-state index contributed by atoms with van der Waals surface area (Å²) in [7, 11) is 0. The standard InChI is InChI=1S/C10H13NO4S/c1-3-11(16(13)14)10(12)15-9-6-4-8(2)5-7-9/h4-7H,3H2,1-2H3,(H,13,14)/p-1. The largest absolute Gasteiger partial charge is 0.755 e. The van der Waals surface area contributed by atoms with Crippen LogP contribution in [0.3, 0.4) is 0 Å². The quantitative estimate of drug-likeness (QED) is 0.755. The molecule has 0 heterocycles. The third-order valence-corrected chi connectivity index (χ3v) is 2.66. The topological polar surface area (TPSA) is 69.7 Å². The number of carbonyl (C=O) groups is 1. The van der Waals surface area contributed by atoms with Gasteiger partial charge in [-0.05, 0) is 26.0 Å². The van der Waals surface area contributed by atoms with E-state index in [9.17, 15) is 13.6 Å². The van der Waals surface area contributed by atoms with Crippen molar-refractivity contribution in [3.63, 3.8) is 0 Å². The molecular weight excluding hydrogens is 230 g/mol. The van der Waals surface area contributed by atoms with Crippen LogP contribution in [0.2, 0.25) is 0 Å². The summed E-state index contributed by atoms with van der Waals surface area (Å²) in [6.07, 6.45) is -0.903. The molecule has 6 heteroatoms. The molecule has 1 rings (SSSR count). The summed E-state index contributed by atoms with van der Waals surface area (Å²) in [4.78, 5) is 11.4. The molecule has 1 aromatic rings. The van der Waals surface area contributed by atoms with Crippen LogP contribution in [0.1, 0.15) is 12.5 Å². The molecule has 1 aromatic carbocycles. The zero-order valence-electron chi connectivity index (χ0n) is 9.00. The number of benzene rings is 1. The minimum atomic E-state index is -2.60. The first-order valence-corrected chi connectivity index (χ1v) is 5.73. The van der Waals surface area contributed by atoms with Gasteiger partial charge in [0.05, 0.1) is 11.3 Å². The van der Waals surface area contributed by atoms with Gasteiger partial charge in [0.1, 0.15) is 5.75 Å². The SMILES string of the molecule is CCN(C(=O)Oc1ccc(C)cc1)S(=O)[O-]. The molecule has 1 amide bonds. The molecule has 88 valence electrons. The van der Waals surface area contributed by atoms with Crippen molar-refractivity contribution in [2.75, 3.05) is 6.54 Å². The van der Waals surface area contributed by atoms with E-state index in [2.05, 4.69) is 0 Å². The van der Waals surface area contributed by atoms with Gasteiger partial charge in [-0.2, -0.15) is 0 Å². The second-order valence-corrected chi connectivity index (χ2v) is 3.97. The van der Waals surface area contributed by atoms with Gasteiger partial charge in [-0.25, -0.2) is 9.10 Å². The maximum absolute atomic E-state index is 11.4. The Balaban J connectivity index is 2.70.